The van der Waals surface area contributed by atoms with Gasteiger partial charge in [0.2, 0.25) is 0 Å². The number of benzene rings is 1. The Morgan fingerprint density at radius 2 is 2.19 bits per heavy atom. The Hall–Kier alpha value is -0.785. The van der Waals surface area contributed by atoms with Crippen LogP contribution >= 0.6 is 9.24 Å². The van der Waals surface area contributed by atoms with Crippen molar-refractivity contribution >= 4 is 28.1 Å². The predicted molar refractivity (Wildman–Crippen MR) is 69.8 cm³/mol. The molecule has 1 N–H and O–H groups in total. The number of rotatable bonds is 3. The lowest BCUT2D eigenvalue weighted by Crippen LogP contribution is -2.01. The molecule has 2 unspecified atom stereocenters. The van der Waals surface area contributed by atoms with E-state index in [1.54, 1.807) is 6.26 Å². The summed E-state index contributed by atoms with van der Waals surface area (Å²) in [6.07, 6.45) is 2.47. The molecule has 0 spiro atoms. The van der Waals surface area contributed by atoms with Crippen LogP contribution in [0.2, 0.25) is 0 Å². The second-order valence-electron chi connectivity index (χ2n) is 4.03. The molecule has 2 aromatic rings. The highest BCUT2D eigenvalue weighted by atomic mass is 31.0. The van der Waals surface area contributed by atoms with Gasteiger partial charge in [-0.2, -0.15) is 0 Å². The van der Waals surface area contributed by atoms with Crippen LogP contribution in [0, 0.1) is 6.92 Å². The minimum absolute atomic E-state index is 0.00727. The van der Waals surface area contributed by atoms with Crippen molar-refractivity contribution in [2.75, 3.05) is 0 Å². The van der Waals surface area contributed by atoms with Gasteiger partial charge in [0.15, 0.2) is 0 Å². The summed E-state index contributed by atoms with van der Waals surface area (Å²) in [6.45, 7) is 2.02. The highest BCUT2D eigenvalue weighted by Gasteiger charge is 2.12. The maximum atomic E-state index is 9.33. The van der Waals surface area contributed by atoms with Crippen LogP contribution in [0.3, 0.4) is 0 Å². The van der Waals surface area contributed by atoms with Crippen LogP contribution in [0.25, 0.3) is 11.0 Å². The average molecular weight is 232 g/mol. The van der Waals surface area contributed by atoms with E-state index in [0.29, 0.717) is 0 Å². The molecule has 0 amide bonds. The van der Waals surface area contributed by atoms with E-state index in [4.69, 9.17) is 12.3 Å². The topological polar surface area (TPSA) is 33.4 Å². The summed E-state index contributed by atoms with van der Waals surface area (Å²) in [5.74, 6) is 0. The Bertz CT molecular complexity index is 505. The van der Waals surface area contributed by atoms with Gasteiger partial charge in [-0.25, -0.2) is 0 Å². The van der Waals surface area contributed by atoms with E-state index in [-0.39, 0.29) is 12.2 Å². The molecule has 1 aromatic carbocycles. The van der Waals surface area contributed by atoms with E-state index in [2.05, 4.69) is 9.24 Å². The first-order valence-electron chi connectivity index (χ1n) is 5.24. The summed E-state index contributed by atoms with van der Waals surface area (Å²) >= 11 is 0. The summed E-state index contributed by atoms with van der Waals surface area (Å²) in [7, 11) is 8.33. The smallest absolute Gasteiger partial charge is 0.137 e. The lowest BCUT2D eigenvalue weighted by atomic mass is 9.94. The number of aliphatic hydroxyl groups excluding tert-OH is 1. The van der Waals surface area contributed by atoms with Crippen LogP contribution < -0.4 is 0 Å². The number of fused-ring (bicyclic) bond motifs is 1. The van der Waals surface area contributed by atoms with Crippen LogP contribution in [0.15, 0.2) is 22.8 Å². The van der Waals surface area contributed by atoms with E-state index in [1.807, 2.05) is 19.1 Å². The van der Waals surface area contributed by atoms with Crippen molar-refractivity contribution in [1.82, 2.24) is 0 Å². The fourth-order valence-electron chi connectivity index (χ4n) is 1.96. The second kappa shape index (κ2) is 4.61. The van der Waals surface area contributed by atoms with Crippen molar-refractivity contribution < 1.29 is 9.52 Å². The zero-order valence-electron chi connectivity index (χ0n) is 9.23. The third-order valence-electron chi connectivity index (χ3n) is 2.71. The Kier molecular flexibility index (Phi) is 3.37. The highest BCUT2D eigenvalue weighted by molar-refractivity contribution is 7.20. The summed E-state index contributed by atoms with van der Waals surface area (Å²) in [5, 5.41) is 10.3. The molecular formula is C12H14BO2P. The maximum Gasteiger partial charge on any atom is 0.137 e. The minimum Gasteiger partial charge on any atom is -0.464 e. The monoisotopic (exact) mass is 232 g/mol. The quantitative estimate of drug-likeness (QED) is 0.649. The molecule has 1 aromatic heterocycles. The van der Waals surface area contributed by atoms with Crippen molar-refractivity contribution in [3.8, 4) is 0 Å². The highest BCUT2D eigenvalue weighted by Crippen LogP contribution is 2.29. The average Bonchev–Trinajstić information content (AvgIpc) is 2.63. The largest absolute Gasteiger partial charge is 0.464 e. The van der Waals surface area contributed by atoms with Crippen LogP contribution in [0.5, 0.6) is 0 Å². The maximum absolute atomic E-state index is 9.33. The molecule has 2 nitrogen and oxygen atoms in total. The molecule has 16 heavy (non-hydrogen) atoms. The molecule has 0 fully saturated rings. The van der Waals surface area contributed by atoms with Gasteiger partial charge in [-0.3, -0.25) is 0 Å². The molecule has 0 bridgehead atoms. The van der Waals surface area contributed by atoms with Crippen molar-refractivity contribution in [3.63, 3.8) is 0 Å². The van der Waals surface area contributed by atoms with Gasteiger partial charge in [0.25, 0.3) is 0 Å². The van der Waals surface area contributed by atoms with E-state index in [0.717, 1.165) is 34.1 Å². The van der Waals surface area contributed by atoms with Gasteiger partial charge in [0, 0.05) is 5.39 Å². The summed E-state index contributed by atoms with van der Waals surface area (Å²) < 4.78 is 5.55. The molecule has 1 heterocycles. The number of furan rings is 1. The SMILES string of the molecule is [B]C(P)Cc1coc2c(C)ccc(CO)c12. The molecule has 2 atom stereocenters. The molecule has 4 heteroatoms. The molecule has 0 aliphatic heterocycles. The van der Waals surface area contributed by atoms with Gasteiger partial charge < -0.3 is 9.52 Å². The van der Waals surface area contributed by atoms with Crippen LogP contribution in [-0.4, -0.2) is 18.5 Å². The van der Waals surface area contributed by atoms with E-state index in [1.165, 1.54) is 0 Å². The first-order valence-corrected chi connectivity index (χ1v) is 5.90. The third kappa shape index (κ3) is 2.02. The van der Waals surface area contributed by atoms with E-state index in [9.17, 15) is 5.11 Å². The van der Waals surface area contributed by atoms with Gasteiger partial charge in [0.05, 0.1) is 20.7 Å². The van der Waals surface area contributed by atoms with Crippen LogP contribution in [0.1, 0.15) is 16.7 Å². The number of hydrogen-bond donors (Lipinski definition) is 1. The lowest BCUT2D eigenvalue weighted by molar-refractivity contribution is 0.283. The summed E-state index contributed by atoms with van der Waals surface area (Å²) in [5.41, 5.74) is 3.90. The fourth-order valence-corrected chi connectivity index (χ4v) is 2.21. The number of aryl methyl sites for hydroxylation is 1. The van der Waals surface area contributed by atoms with E-state index < -0.39 is 0 Å². The predicted octanol–water partition coefficient (Wildman–Crippen LogP) is 2.15. The van der Waals surface area contributed by atoms with Crippen LogP contribution in [0.4, 0.5) is 0 Å². The third-order valence-corrected chi connectivity index (χ3v) is 2.94. The van der Waals surface area contributed by atoms with Gasteiger partial charge in [-0.05, 0) is 30.0 Å². The Morgan fingerprint density at radius 3 is 2.81 bits per heavy atom. The Morgan fingerprint density at radius 1 is 1.44 bits per heavy atom. The van der Waals surface area contributed by atoms with Crippen molar-refractivity contribution in [2.45, 2.75) is 25.5 Å². The molecule has 82 valence electrons. The van der Waals surface area contributed by atoms with Gasteiger partial charge >= 0.3 is 0 Å². The van der Waals surface area contributed by atoms with Crippen LogP contribution in [-0.2, 0) is 13.0 Å². The molecule has 0 aliphatic carbocycles. The molecule has 2 rings (SSSR count). The molecule has 2 radical (unpaired) electrons. The summed E-state index contributed by atoms with van der Waals surface area (Å²) in [6, 6.07) is 3.90. The Labute approximate surface area is 98.6 Å². The van der Waals surface area contributed by atoms with Gasteiger partial charge in [-0.1, -0.05) is 17.7 Å². The number of hydrogen-bond acceptors (Lipinski definition) is 2. The second-order valence-corrected chi connectivity index (χ2v) is 4.89. The van der Waals surface area contributed by atoms with Crippen molar-refractivity contribution in [2.24, 2.45) is 0 Å². The van der Waals surface area contributed by atoms with E-state index >= 15 is 0 Å². The zero-order chi connectivity index (χ0) is 11.7. The lowest BCUT2D eigenvalue weighted by Gasteiger charge is -2.06. The van der Waals surface area contributed by atoms with Crippen molar-refractivity contribution in [3.05, 3.63) is 35.1 Å². The van der Waals surface area contributed by atoms with Crippen molar-refractivity contribution in [1.29, 1.82) is 0 Å². The normalized spacial score (nSPS) is 13.2. The fraction of sp³-hybridized carbons (Fsp3) is 0.333. The molecule has 0 saturated carbocycles. The first-order chi connectivity index (χ1) is 7.63. The van der Waals surface area contributed by atoms with Gasteiger partial charge in [-0.15, -0.1) is 9.24 Å². The standard InChI is InChI=1S/C12H14BO2P/c1-7-2-3-8(5-14)11-9(4-10(13)16)6-15-12(7)11/h2-3,6,10,14H,4-5,16H2,1H3. The summed E-state index contributed by atoms with van der Waals surface area (Å²) in [4.78, 5) is 0. The Balaban J connectivity index is 2.63. The molecular weight excluding hydrogens is 218 g/mol. The molecule has 0 saturated heterocycles. The first kappa shape index (κ1) is 11.7. The number of aliphatic hydroxyl groups is 1. The van der Waals surface area contributed by atoms with Gasteiger partial charge in [0.1, 0.15) is 5.58 Å². The zero-order valence-corrected chi connectivity index (χ0v) is 10.4. The molecule has 0 aliphatic rings. The minimum atomic E-state index is 0.00727.